The number of nitrogens with one attached hydrogen (secondary N) is 1. The Kier molecular flexibility index (Phi) is 4.97. The second kappa shape index (κ2) is 7.19. The molecule has 1 N–H and O–H groups in total. The van der Waals surface area contributed by atoms with Crippen molar-refractivity contribution in [1.29, 1.82) is 0 Å². The van der Waals surface area contributed by atoms with Gasteiger partial charge in [0.1, 0.15) is 5.76 Å². The summed E-state index contributed by atoms with van der Waals surface area (Å²) in [5.74, 6) is 0.778. The third kappa shape index (κ3) is 3.56. The van der Waals surface area contributed by atoms with Crippen LogP contribution in [0.25, 0.3) is 0 Å². The smallest absolute Gasteiger partial charge is 0.287 e. The van der Waals surface area contributed by atoms with E-state index in [1.807, 2.05) is 49.2 Å². The SMILES string of the molecule is CCn1nc(C)c(CNC(=O)c2ccc(Cn3nc(C)cc3C)o2)c1C. The third-order valence-corrected chi connectivity index (χ3v) is 4.55. The van der Waals surface area contributed by atoms with E-state index in [-0.39, 0.29) is 5.91 Å². The number of carbonyl (C=O) groups is 1. The van der Waals surface area contributed by atoms with Crippen molar-refractivity contribution in [2.24, 2.45) is 0 Å². The van der Waals surface area contributed by atoms with Crippen molar-refractivity contribution in [3.05, 3.63) is 58.1 Å². The van der Waals surface area contributed by atoms with Crippen LogP contribution in [-0.2, 0) is 19.6 Å². The zero-order valence-electron chi connectivity index (χ0n) is 16.0. The average molecular weight is 355 g/mol. The topological polar surface area (TPSA) is 77.9 Å². The molecular weight excluding hydrogens is 330 g/mol. The average Bonchev–Trinajstić information content (AvgIpc) is 3.25. The number of hydrogen-bond acceptors (Lipinski definition) is 4. The molecule has 0 aromatic carbocycles. The summed E-state index contributed by atoms with van der Waals surface area (Å²) in [6.07, 6.45) is 0. The Bertz CT molecular complexity index is 932. The van der Waals surface area contributed by atoms with Gasteiger partial charge < -0.3 is 9.73 Å². The molecule has 7 heteroatoms. The van der Waals surface area contributed by atoms with Gasteiger partial charge in [-0.05, 0) is 52.8 Å². The summed E-state index contributed by atoms with van der Waals surface area (Å²) in [7, 11) is 0. The molecular formula is C19H25N5O2. The Labute approximate surface area is 153 Å². The first kappa shape index (κ1) is 18.0. The van der Waals surface area contributed by atoms with Gasteiger partial charge in [-0.2, -0.15) is 10.2 Å². The van der Waals surface area contributed by atoms with E-state index in [1.165, 1.54) is 0 Å². The summed E-state index contributed by atoms with van der Waals surface area (Å²) >= 11 is 0. The van der Waals surface area contributed by atoms with Gasteiger partial charge in [-0.1, -0.05) is 0 Å². The molecule has 0 aliphatic carbocycles. The summed E-state index contributed by atoms with van der Waals surface area (Å²) in [6.45, 7) is 11.7. The molecule has 3 heterocycles. The Morgan fingerprint density at radius 1 is 1.15 bits per heavy atom. The molecule has 0 aliphatic rings. The summed E-state index contributed by atoms with van der Waals surface area (Å²) in [6, 6.07) is 5.53. The van der Waals surface area contributed by atoms with Gasteiger partial charge in [0, 0.05) is 30.0 Å². The zero-order chi connectivity index (χ0) is 18.8. The molecule has 0 radical (unpaired) electrons. The standard InChI is InChI=1S/C19H25N5O2/c1-6-23-15(5)17(14(4)22-23)10-20-19(25)18-8-7-16(26-18)11-24-13(3)9-12(2)21-24/h7-9H,6,10-11H2,1-5H3,(H,20,25). The van der Waals surface area contributed by atoms with Gasteiger partial charge in [-0.15, -0.1) is 0 Å². The normalized spacial score (nSPS) is 11.1. The monoisotopic (exact) mass is 355 g/mol. The first-order chi connectivity index (χ1) is 12.4. The molecule has 1 amide bonds. The van der Waals surface area contributed by atoms with Crippen LogP contribution in [-0.4, -0.2) is 25.5 Å². The summed E-state index contributed by atoms with van der Waals surface area (Å²) in [4.78, 5) is 12.4. The van der Waals surface area contributed by atoms with Crippen LogP contribution in [0.15, 0.2) is 22.6 Å². The lowest BCUT2D eigenvalue weighted by molar-refractivity contribution is 0.0921. The molecule has 0 atom stereocenters. The maximum atomic E-state index is 12.4. The molecule has 138 valence electrons. The van der Waals surface area contributed by atoms with Crippen LogP contribution < -0.4 is 5.32 Å². The van der Waals surface area contributed by atoms with E-state index in [0.717, 1.165) is 34.9 Å². The van der Waals surface area contributed by atoms with Gasteiger partial charge in [-0.3, -0.25) is 14.2 Å². The maximum absolute atomic E-state index is 12.4. The van der Waals surface area contributed by atoms with Crippen LogP contribution in [0.4, 0.5) is 0 Å². The van der Waals surface area contributed by atoms with Gasteiger partial charge in [-0.25, -0.2) is 0 Å². The molecule has 0 saturated carbocycles. The highest BCUT2D eigenvalue weighted by atomic mass is 16.4. The Balaban J connectivity index is 1.65. The van der Waals surface area contributed by atoms with Crippen molar-refractivity contribution in [3.8, 4) is 0 Å². The summed E-state index contributed by atoms with van der Waals surface area (Å²) in [5.41, 5.74) is 5.09. The molecule has 0 bridgehead atoms. The van der Waals surface area contributed by atoms with Crippen molar-refractivity contribution in [1.82, 2.24) is 24.9 Å². The number of amides is 1. The summed E-state index contributed by atoms with van der Waals surface area (Å²) < 4.78 is 9.50. The fraction of sp³-hybridized carbons (Fsp3) is 0.421. The van der Waals surface area contributed by atoms with Crippen LogP contribution in [0.5, 0.6) is 0 Å². The lowest BCUT2D eigenvalue weighted by Gasteiger charge is -2.05. The van der Waals surface area contributed by atoms with Crippen molar-refractivity contribution < 1.29 is 9.21 Å². The zero-order valence-corrected chi connectivity index (χ0v) is 16.0. The quantitative estimate of drug-likeness (QED) is 0.737. The number of aromatic nitrogens is 4. The van der Waals surface area contributed by atoms with E-state index in [9.17, 15) is 4.79 Å². The molecule has 3 aromatic heterocycles. The van der Waals surface area contributed by atoms with E-state index in [0.29, 0.717) is 24.6 Å². The number of nitrogens with zero attached hydrogens (tertiary/aromatic N) is 4. The fourth-order valence-electron chi connectivity index (χ4n) is 3.12. The van der Waals surface area contributed by atoms with Crippen LogP contribution in [0.1, 0.15) is 51.6 Å². The first-order valence-electron chi connectivity index (χ1n) is 8.80. The van der Waals surface area contributed by atoms with Gasteiger partial charge in [0.15, 0.2) is 5.76 Å². The van der Waals surface area contributed by atoms with Crippen LogP contribution in [0.2, 0.25) is 0 Å². The highest BCUT2D eigenvalue weighted by molar-refractivity contribution is 5.91. The minimum Gasteiger partial charge on any atom is -0.454 e. The van der Waals surface area contributed by atoms with Crippen molar-refractivity contribution in [3.63, 3.8) is 0 Å². The predicted octanol–water partition coefficient (Wildman–Crippen LogP) is 2.90. The number of hydrogen-bond donors (Lipinski definition) is 1. The second-order valence-electron chi connectivity index (χ2n) is 6.50. The maximum Gasteiger partial charge on any atom is 0.287 e. The molecule has 0 spiro atoms. The Hall–Kier alpha value is -2.83. The van der Waals surface area contributed by atoms with Crippen molar-refractivity contribution >= 4 is 5.91 Å². The molecule has 7 nitrogen and oxygen atoms in total. The number of rotatable bonds is 6. The molecule has 0 unspecified atom stereocenters. The van der Waals surface area contributed by atoms with E-state index in [1.54, 1.807) is 6.07 Å². The predicted molar refractivity (Wildman–Crippen MR) is 98.1 cm³/mol. The Morgan fingerprint density at radius 2 is 1.92 bits per heavy atom. The number of carbonyl (C=O) groups excluding carboxylic acids is 1. The highest BCUT2D eigenvalue weighted by Gasteiger charge is 2.15. The second-order valence-corrected chi connectivity index (χ2v) is 6.50. The molecule has 0 aliphatic heterocycles. The molecule has 0 saturated heterocycles. The lowest BCUT2D eigenvalue weighted by atomic mass is 10.2. The fourth-order valence-corrected chi connectivity index (χ4v) is 3.12. The van der Waals surface area contributed by atoms with E-state index in [4.69, 9.17) is 4.42 Å². The van der Waals surface area contributed by atoms with Gasteiger partial charge >= 0.3 is 0 Å². The number of aryl methyl sites for hydroxylation is 4. The van der Waals surface area contributed by atoms with Crippen molar-refractivity contribution in [2.75, 3.05) is 0 Å². The van der Waals surface area contributed by atoms with Crippen LogP contribution in [0, 0.1) is 27.7 Å². The van der Waals surface area contributed by atoms with Crippen LogP contribution in [0.3, 0.4) is 0 Å². The van der Waals surface area contributed by atoms with E-state index >= 15 is 0 Å². The molecule has 3 rings (SSSR count). The minimum atomic E-state index is -0.229. The summed E-state index contributed by atoms with van der Waals surface area (Å²) in [5, 5.41) is 11.8. The highest BCUT2D eigenvalue weighted by Crippen LogP contribution is 2.14. The van der Waals surface area contributed by atoms with Gasteiger partial charge in [0.2, 0.25) is 0 Å². The molecule has 0 fully saturated rings. The van der Waals surface area contributed by atoms with Gasteiger partial charge in [0.05, 0.1) is 17.9 Å². The minimum absolute atomic E-state index is 0.229. The van der Waals surface area contributed by atoms with Gasteiger partial charge in [0.25, 0.3) is 5.91 Å². The number of furan rings is 1. The van der Waals surface area contributed by atoms with Crippen molar-refractivity contribution in [2.45, 2.75) is 54.3 Å². The molecule has 3 aromatic rings. The molecule has 26 heavy (non-hydrogen) atoms. The first-order valence-corrected chi connectivity index (χ1v) is 8.80. The largest absolute Gasteiger partial charge is 0.454 e. The Morgan fingerprint density at radius 3 is 2.54 bits per heavy atom. The third-order valence-electron chi connectivity index (χ3n) is 4.55. The lowest BCUT2D eigenvalue weighted by Crippen LogP contribution is -2.23. The van der Waals surface area contributed by atoms with Crippen LogP contribution >= 0.6 is 0 Å². The van der Waals surface area contributed by atoms with E-state index in [2.05, 4.69) is 22.4 Å². The van der Waals surface area contributed by atoms with E-state index < -0.39 is 0 Å².